The summed E-state index contributed by atoms with van der Waals surface area (Å²) >= 11 is 0. The van der Waals surface area contributed by atoms with Crippen LogP contribution in [0.1, 0.15) is 40.2 Å². The third kappa shape index (κ3) is 2.78. The van der Waals surface area contributed by atoms with Gasteiger partial charge in [0.2, 0.25) is 5.95 Å². The van der Waals surface area contributed by atoms with Gasteiger partial charge in [-0.05, 0) is 44.3 Å². The van der Waals surface area contributed by atoms with E-state index in [-0.39, 0.29) is 5.91 Å². The topological polar surface area (TPSA) is 61.4 Å². The van der Waals surface area contributed by atoms with Crippen LogP contribution >= 0.6 is 0 Å². The molecule has 4 aliphatic rings. The molecule has 3 unspecified atom stereocenters. The number of piperidine rings is 3. The molecule has 0 spiro atoms. The standard InChI is InChI=1S/C22H27N5O/c1-14-3-5-15(6-4-14)18-13-27(19-16-7-9-26(10-8-16)20(18)19)21(28)17-11-24-22(23-2)25-12-17/h3-6,11-12,16,18-20H,7-10,13H2,1-2H3,(H,23,24,25). The van der Waals surface area contributed by atoms with Crippen LogP contribution in [0.4, 0.5) is 5.95 Å². The molecule has 1 N–H and O–H groups in total. The minimum Gasteiger partial charge on any atom is -0.357 e. The van der Waals surface area contributed by atoms with Gasteiger partial charge in [0.1, 0.15) is 0 Å². The van der Waals surface area contributed by atoms with Crippen molar-refractivity contribution >= 4 is 11.9 Å². The van der Waals surface area contributed by atoms with Crippen molar-refractivity contribution in [3.05, 3.63) is 53.3 Å². The summed E-state index contributed by atoms with van der Waals surface area (Å²) in [7, 11) is 1.78. The predicted molar refractivity (Wildman–Crippen MR) is 108 cm³/mol. The number of amides is 1. The minimum absolute atomic E-state index is 0.0704. The van der Waals surface area contributed by atoms with Gasteiger partial charge in [0.05, 0.1) is 11.6 Å². The number of hydrogen-bond donors (Lipinski definition) is 1. The van der Waals surface area contributed by atoms with Gasteiger partial charge in [-0.3, -0.25) is 9.69 Å². The molecule has 4 aliphatic heterocycles. The molecule has 1 amide bonds. The highest BCUT2D eigenvalue weighted by atomic mass is 16.2. The lowest BCUT2D eigenvalue weighted by atomic mass is 9.75. The van der Waals surface area contributed by atoms with E-state index in [1.165, 1.54) is 24.0 Å². The highest BCUT2D eigenvalue weighted by Crippen LogP contribution is 2.46. The molecular weight excluding hydrogens is 350 g/mol. The van der Waals surface area contributed by atoms with E-state index >= 15 is 0 Å². The largest absolute Gasteiger partial charge is 0.357 e. The van der Waals surface area contributed by atoms with Crippen molar-refractivity contribution in [2.45, 2.75) is 37.8 Å². The zero-order valence-electron chi connectivity index (χ0n) is 16.5. The van der Waals surface area contributed by atoms with Crippen molar-refractivity contribution in [3.63, 3.8) is 0 Å². The fourth-order valence-electron chi connectivity index (χ4n) is 5.49. The maximum Gasteiger partial charge on any atom is 0.257 e. The van der Waals surface area contributed by atoms with Crippen molar-refractivity contribution in [3.8, 4) is 0 Å². The van der Waals surface area contributed by atoms with E-state index in [1.807, 2.05) is 0 Å². The second-order valence-electron chi connectivity index (χ2n) is 8.37. The first-order chi connectivity index (χ1) is 13.7. The Kier molecular flexibility index (Phi) is 4.31. The summed E-state index contributed by atoms with van der Waals surface area (Å²) in [5, 5.41) is 2.91. The Labute approximate surface area is 166 Å². The lowest BCUT2D eigenvalue weighted by molar-refractivity contribution is -0.00343. The maximum absolute atomic E-state index is 13.4. The van der Waals surface area contributed by atoms with Crippen molar-refractivity contribution in [1.29, 1.82) is 0 Å². The molecule has 4 fully saturated rings. The summed E-state index contributed by atoms with van der Waals surface area (Å²) in [5.74, 6) is 1.58. The predicted octanol–water partition coefficient (Wildman–Crippen LogP) is 2.53. The minimum atomic E-state index is 0.0704. The van der Waals surface area contributed by atoms with Gasteiger partial charge < -0.3 is 10.2 Å². The molecule has 2 aromatic rings. The van der Waals surface area contributed by atoms with E-state index in [0.717, 1.165) is 19.6 Å². The van der Waals surface area contributed by atoms with Gasteiger partial charge in [-0.15, -0.1) is 0 Å². The van der Waals surface area contributed by atoms with E-state index in [2.05, 4.69) is 56.3 Å². The quantitative estimate of drug-likeness (QED) is 0.891. The number of carbonyl (C=O) groups excluding carboxylic acids is 1. The molecule has 1 aromatic carbocycles. The molecule has 2 bridgehead atoms. The monoisotopic (exact) mass is 377 g/mol. The average Bonchev–Trinajstić information content (AvgIpc) is 3.17. The van der Waals surface area contributed by atoms with Crippen LogP contribution in [-0.4, -0.2) is 64.4 Å². The number of carbonyl (C=O) groups is 1. The first-order valence-electron chi connectivity index (χ1n) is 10.3. The summed E-state index contributed by atoms with van der Waals surface area (Å²) in [6, 6.07) is 9.60. The van der Waals surface area contributed by atoms with E-state index in [4.69, 9.17) is 0 Å². The second kappa shape index (κ2) is 6.85. The van der Waals surface area contributed by atoms with E-state index in [9.17, 15) is 4.79 Å². The molecule has 146 valence electrons. The first kappa shape index (κ1) is 17.6. The molecule has 6 rings (SSSR count). The fraction of sp³-hybridized carbons (Fsp3) is 0.500. The van der Waals surface area contributed by atoms with Gasteiger partial charge in [-0.1, -0.05) is 29.8 Å². The molecule has 6 heteroatoms. The smallest absolute Gasteiger partial charge is 0.257 e. The van der Waals surface area contributed by atoms with E-state index in [1.54, 1.807) is 19.4 Å². The van der Waals surface area contributed by atoms with Crippen LogP contribution < -0.4 is 5.32 Å². The average molecular weight is 377 g/mol. The van der Waals surface area contributed by atoms with Crippen LogP contribution in [0.5, 0.6) is 0 Å². The van der Waals surface area contributed by atoms with Crippen LogP contribution in [0.15, 0.2) is 36.7 Å². The molecular formula is C22H27N5O. The number of fused-ring (bicyclic) bond motifs is 2. The van der Waals surface area contributed by atoms with Crippen LogP contribution in [0, 0.1) is 12.8 Å². The van der Waals surface area contributed by atoms with Gasteiger partial charge in [-0.2, -0.15) is 0 Å². The number of rotatable bonds is 3. The van der Waals surface area contributed by atoms with Crippen molar-refractivity contribution in [2.24, 2.45) is 5.92 Å². The van der Waals surface area contributed by atoms with Crippen LogP contribution in [0.2, 0.25) is 0 Å². The molecule has 0 radical (unpaired) electrons. The summed E-state index contributed by atoms with van der Waals surface area (Å²) in [6.45, 7) is 5.22. The number of aryl methyl sites for hydroxylation is 1. The highest BCUT2D eigenvalue weighted by molar-refractivity contribution is 5.94. The Bertz CT molecular complexity index is 858. The molecule has 1 aromatic heterocycles. The van der Waals surface area contributed by atoms with Crippen molar-refractivity contribution in [1.82, 2.24) is 19.8 Å². The number of likely N-dealkylation sites (tertiary alicyclic amines) is 1. The van der Waals surface area contributed by atoms with Crippen molar-refractivity contribution in [2.75, 3.05) is 32.0 Å². The van der Waals surface area contributed by atoms with Gasteiger partial charge in [0, 0.05) is 37.9 Å². The molecule has 4 saturated heterocycles. The fourth-order valence-corrected chi connectivity index (χ4v) is 5.49. The number of nitrogens with one attached hydrogen (secondary N) is 1. The summed E-state index contributed by atoms with van der Waals surface area (Å²) in [4.78, 5) is 26.7. The first-order valence-corrected chi connectivity index (χ1v) is 10.3. The Hall–Kier alpha value is -2.47. The summed E-state index contributed by atoms with van der Waals surface area (Å²) in [6.07, 6.45) is 5.69. The molecule has 0 saturated carbocycles. The molecule has 6 nitrogen and oxygen atoms in total. The second-order valence-corrected chi connectivity index (χ2v) is 8.37. The third-order valence-corrected chi connectivity index (χ3v) is 6.88. The SMILES string of the molecule is CNc1ncc(C(=O)N2CC(c3ccc(C)cc3)C3C2C2CCN3CC2)cn1. The van der Waals surface area contributed by atoms with E-state index < -0.39 is 0 Å². The maximum atomic E-state index is 13.4. The number of hydrogen-bond acceptors (Lipinski definition) is 5. The van der Waals surface area contributed by atoms with Gasteiger partial charge in [-0.25, -0.2) is 9.97 Å². The number of benzene rings is 1. The Morgan fingerprint density at radius 2 is 1.75 bits per heavy atom. The van der Waals surface area contributed by atoms with Gasteiger partial charge in [0.25, 0.3) is 5.91 Å². The molecule has 28 heavy (non-hydrogen) atoms. The number of nitrogens with zero attached hydrogens (tertiary/aromatic N) is 4. The summed E-state index contributed by atoms with van der Waals surface area (Å²) < 4.78 is 0. The molecule has 3 atom stereocenters. The van der Waals surface area contributed by atoms with E-state index in [0.29, 0.717) is 35.4 Å². The van der Waals surface area contributed by atoms with Gasteiger partial charge in [0.15, 0.2) is 0 Å². The molecule has 0 aliphatic carbocycles. The third-order valence-electron chi connectivity index (χ3n) is 6.88. The number of anilines is 1. The number of aromatic nitrogens is 2. The zero-order chi connectivity index (χ0) is 19.3. The van der Waals surface area contributed by atoms with Crippen molar-refractivity contribution < 1.29 is 4.79 Å². The van der Waals surface area contributed by atoms with Crippen LogP contribution in [0.3, 0.4) is 0 Å². The highest BCUT2D eigenvalue weighted by Gasteiger charge is 2.54. The Morgan fingerprint density at radius 3 is 2.39 bits per heavy atom. The lowest BCUT2D eigenvalue weighted by Gasteiger charge is -2.51. The van der Waals surface area contributed by atoms with Gasteiger partial charge >= 0.3 is 0 Å². The lowest BCUT2D eigenvalue weighted by Crippen LogP contribution is -2.60. The normalized spacial score (nSPS) is 30.9. The van der Waals surface area contributed by atoms with Crippen LogP contribution in [0.25, 0.3) is 0 Å². The Balaban J connectivity index is 1.49. The van der Waals surface area contributed by atoms with Crippen LogP contribution in [-0.2, 0) is 0 Å². The molecule has 5 heterocycles. The Morgan fingerprint density at radius 1 is 1.07 bits per heavy atom. The zero-order valence-corrected chi connectivity index (χ0v) is 16.5. The summed E-state index contributed by atoms with van der Waals surface area (Å²) in [5.41, 5.74) is 3.21.